The fourth-order valence-corrected chi connectivity index (χ4v) is 1.84. The largest absolute Gasteiger partial charge is 0.466 e. The molecule has 16 heavy (non-hydrogen) atoms. The Labute approximate surface area is 100 Å². The van der Waals surface area contributed by atoms with Crippen LogP contribution in [-0.4, -0.2) is 19.0 Å². The lowest BCUT2D eigenvalue weighted by atomic mass is 10.1. The molecule has 1 aliphatic heterocycles. The second-order valence-electron chi connectivity index (χ2n) is 3.23. The van der Waals surface area contributed by atoms with E-state index in [1.807, 2.05) is 6.07 Å². The minimum Gasteiger partial charge on any atom is -0.466 e. The summed E-state index contributed by atoms with van der Waals surface area (Å²) in [7, 11) is 1.27. The van der Waals surface area contributed by atoms with Crippen LogP contribution in [0.5, 0.6) is 0 Å². The van der Waals surface area contributed by atoms with Gasteiger partial charge in [-0.15, -0.1) is 0 Å². The molecule has 1 heterocycles. The Balaban J connectivity index is 2.50. The zero-order valence-electron chi connectivity index (χ0n) is 8.41. The minimum atomic E-state index is -0.544. The maximum atomic E-state index is 11.6. The van der Waals surface area contributed by atoms with E-state index in [4.69, 9.17) is 0 Å². The van der Waals surface area contributed by atoms with Crippen molar-refractivity contribution in [2.24, 2.45) is 0 Å². The summed E-state index contributed by atoms with van der Waals surface area (Å²) in [6.45, 7) is 0. The number of benzene rings is 1. The molecule has 1 aromatic carbocycles. The summed E-state index contributed by atoms with van der Waals surface area (Å²) >= 11 is 3.31. The molecule has 1 aliphatic rings. The molecular formula is C11H8BrNO3. The smallest absolute Gasteiger partial charge is 0.331 e. The fourth-order valence-electron chi connectivity index (χ4n) is 1.48. The molecule has 0 saturated heterocycles. The number of halogens is 1. The summed E-state index contributed by atoms with van der Waals surface area (Å²) in [5, 5.41) is 2.67. The molecule has 1 aromatic rings. The predicted molar refractivity (Wildman–Crippen MR) is 62.8 cm³/mol. The number of fused-ring (bicyclic) bond motifs is 1. The van der Waals surface area contributed by atoms with Gasteiger partial charge in [0.05, 0.1) is 12.7 Å². The van der Waals surface area contributed by atoms with E-state index >= 15 is 0 Å². The van der Waals surface area contributed by atoms with Crippen molar-refractivity contribution < 1.29 is 14.3 Å². The number of carbonyl (C=O) groups excluding carboxylic acids is 2. The number of hydrogen-bond donors (Lipinski definition) is 1. The van der Waals surface area contributed by atoms with Gasteiger partial charge in [-0.05, 0) is 18.2 Å². The summed E-state index contributed by atoms with van der Waals surface area (Å²) in [5.41, 5.74) is 1.72. The Bertz CT molecular complexity index is 508. The monoisotopic (exact) mass is 281 g/mol. The minimum absolute atomic E-state index is 0.293. The molecule has 0 fully saturated rings. The first-order valence-corrected chi connectivity index (χ1v) is 5.32. The zero-order valence-corrected chi connectivity index (χ0v) is 10.00. The summed E-state index contributed by atoms with van der Waals surface area (Å²) in [4.78, 5) is 22.7. The van der Waals surface area contributed by atoms with Crippen molar-refractivity contribution >= 4 is 39.1 Å². The number of esters is 1. The van der Waals surface area contributed by atoms with Crippen molar-refractivity contribution in [2.45, 2.75) is 0 Å². The highest BCUT2D eigenvalue weighted by Crippen LogP contribution is 2.33. The van der Waals surface area contributed by atoms with Gasteiger partial charge in [0.25, 0.3) is 5.91 Å². The third-order valence-corrected chi connectivity index (χ3v) is 2.72. The molecule has 0 bridgehead atoms. The van der Waals surface area contributed by atoms with Crippen molar-refractivity contribution in [3.8, 4) is 0 Å². The van der Waals surface area contributed by atoms with Crippen LogP contribution >= 0.6 is 15.9 Å². The van der Waals surface area contributed by atoms with Crippen LogP contribution < -0.4 is 5.32 Å². The van der Waals surface area contributed by atoms with Crippen LogP contribution in [0.25, 0.3) is 5.57 Å². The van der Waals surface area contributed by atoms with Crippen molar-refractivity contribution in [2.75, 3.05) is 12.4 Å². The molecule has 0 aromatic heterocycles. The molecule has 0 unspecified atom stereocenters. The van der Waals surface area contributed by atoms with E-state index in [-0.39, 0.29) is 5.91 Å². The third kappa shape index (κ3) is 1.86. The standard InChI is InChI=1S/C11H8BrNO3/c1-16-10(14)5-8-7-4-6(12)2-3-9(7)13-11(8)15/h2-5H,1H3,(H,13,15). The van der Waals surface area contributed by atoms with Gasteiger partial charge in [0, 0.05) is 21.8 Å². The van der Waals surface area contributed by atoms with Crippen LogP contribution in [0.15, 0.2) is 28.7 Å². The van der Waals surface area contributed by atoms with Gasteiger partial charge in [-0.2, -0.15) is 0 Å². The first-order chi connectivity index (χ1) is 7.61. The lowest BCUT2D eigenvalue weighted by molar-refractivity contribution is -0.134. The van der Waals surface area contributed by atoms with Crippen molar-refractivity contribution in [3.05, 3.63) is 34.3 Å². The molecule has 0 radical (unpaired) electrons. The number of nitrogens with one attached hydrogen (secondary N) is 1. The maximum Gasteiger partial charge on any atom is 0.331 e. The maximum absolute atomic E-state index is 11.6. The van der Waals surface area contributed by atoms with Gasteiger partial charge < -0.3 is 10.1 Å². The second-order valence-corrected chi connectivity index (χ2v) is 4.14. The van der Waals surface area contributed by atoms with Gasteiger partial charge >= 0.3 is 5.97 Å². The average molecular weight is 282 g/mol. The van der Waals surface area contributed by atoms with Crippen LogP contribution in [0.3, 0.4) is 0 Å². The third-order valence-electron chi connectivity index (χ3n) is 2.23. The molecule has 1 N–H and O–H groups in total. The normalized spacial score (nSPS) is 15.9. The van der Waals surface area contributed by atoms with E-state index in [1.165, 1.54) is 13.2 Å². The number of methoxy groups -OCH3 is 1. The summed E-state index contributed by atoms with van der Waals surface area (Å²) in [6.07, 6.45) is 1.19. The van der Waals surface area contributed by atoms with Crippen LogP contribution in [-0.2, 0) is 14.3 Å². The first-order valence-electron chi connectivity index (χ1n) is 4.52. The molecule has 82 valence electrons. The SMILES string of the molecule is COC(=O)C=C1C(=O)Nc2ccc(Br)cc21. The fraction of sp³-hybridized carbons (Fsp3) is 0.0909. The molecule has 2 rings (SSSR count). The lowest BCUT2D eigenvalue weighted by Crippen LogP contribution is -2.06. The van der Waals surface area contributed by atoms with E-state index in [0.29, 0.717) is 16.8 Å². The Morgan fingerprint density at radius 2 is 2.25 bits per heavy atom. The number of amides is 1. The van der Waals surface area contributed by atoms with E-state index < -0.39 is 5.97 Å². The van der Waals surface area contributed by atoms with Crippen molar-refractivity contribution in [3.63, 3.8) is 0 Å². The number of carbonyl (C=O) groups is 2. The van der Waals surface area contributed by atoms with E-state index in [9.17, 15) is 9.59 Å². The van der Waals surface area contributed by atoms with Gasteiger partial charge in [-0.1, -0.05) is 15.9 Å². The number of ether oxygens (including phenoxy) is 1. The van der Waals surface area contributed by atoms with Crippen molar-refractivity contribution in [1.29, 1.82) is 0 Å². The van der Waals surface area contributed by atoms with Crippen LogP contribution in [0, 0.1) is 0 Å². The summed E-state index contributed by atoms with van der Waals surface area (Å²) < 4.78 is 5.34. The molecular weight excluding hydrogens is 274 g/mol. The number of rotatable bonds is 1. The molecule has 4 nitrogen and oxygen atoms in total. The summed E-state index contributed by atoms with van der Waals surface area (Å²) in [5.74, 6) is -0.837. The quantitative estimate of drug-likeness (QED) is 0.632. The van der Waals surface area contributed by atoms with Gasteiger partial charge in [-0.3, -0.25) is 4.79 Å². The Morgan fingerprint density at radius 1 is 1.50 bits per heavy atom. The highest BCUT2D eigenvalue weighted by atomic mass is 79.9. The highest BCUT2D eigenvalue weighted by molar-refractivity contribution is 9.10. The first kappa shape index (κ1) is 10.9. The van der Waals surface area contributed by atoms with E-state index in [0.717, 1.165) is 4.47 Å². The van der Waals surface area contributed by atoms with Crippen LogP contribution in [0.1, 0.15) is 5.56 Å². The van der Waals surface area contributed by atoms with E-state index in [1.54, 1.807) is 12.1 Å². The molecule has 0 spiro atoms. The van der Waals surface area contributed by atoms with Crippen molar-refractivity contribution in [1.82, 2.24) is 0 Å². The van der Waals surface area contributed by atoms with Crippen LogP contribution in [0.2, 0.25) is 0 Å². The van der Waals surface area contributed by atoms with Gasteiger partial charge in [0.1, 0.15) is 0 Å². The van der Waals surface area contributed by atoms with Gasteiger partial charge in [0.2, 0.25) is 0 Å². The molecule has 0 saturated carbocycles. The Kier molecular flexibility index (Phi) is 2.78. The predicted octanol–water partition coefficient (Wildman–Crippen LogP) is 1.96. The molecule has 0 aliphatic carbocycles. The van der Waals surface area contributed by atoms with E-state index in [2.05, 4.69) is 26.0 Å². The van der Waals surface area contributed by atoms with Gasteiger partial charge in [-0.25, -0.2) is 4.79 Å². The Hall–Kier alpha value is -1.62. The molecule has 0 atom stereocenters. The number of anilines is 1. The Morgan fingerprint density at radius 3 is 2.94 bits per heavy atom. The van der Waals surface area contributed by atoms with Gasteiger partial charge in [0.15, 0.2) is 0 Å². The summed E-state index contributed by atoms with van der Waals surface area (Å²) in [6, 6.07) is 5.37. The second kappa shape index (κ2) is 4.09. The topological polar surface area (TPSA) is 55.4 Å². The number of hydrogen-bond acceptors (Lipinski definition) is 3. The average Bonchev–Trinajstić information content (AvgIpc) is 2.55. The zero-order chi connectivity index (χ0) is 11.7. The van der Waals surface area contributed by atoms with Crippen LogP contribution in [0.4, 0.5) is 5.69 Å². The highest BCUT2D eigenvalue weighted by Gasteiger charge is 2.25. The lowest BCUT2D eigenvalue weighted by Gasteiger charge is -1.98. The molecule has 1 amide bonds. The molecule has 5 heteroatoms.